The van der Waals surface area contributed by atoms with Crippen molar-refractivity contribution in [3.8, 4) is 5.75 Å². The Labute approximate surface area is 178 Å². The van der Waals surface area contributed by atoms with Gasteiger partial charge >= 0.3 is 0 Å². The van der Waals surface area contributed by atoms with E-state index in [2.05, 4.69) is 43.3 Å². The van der Waals surface area contributed by atoms with Gasteiger partial charge in [0.15, 0.2) is 0 Å². The van der Waals surface area contributed by atoms with E-state index in [9.17, 15) is 0 Å². The van der Waals surface area contributed by atoms with Crippen molar-refractivity contribution in [1.82, 2.24) is 14.9 Å². The van der Waals surface area contributed by atoms with Crippen LogP contribution in [0.5, 0.6) is 5.75 Å². The number of hydrogen-bond acceptors (Lipinski definition) is 7. The Bertz CT molecular complexity index is 758. The van der Waals surface area contributed by atoms with Gasteiger partial charge in [0.25, 0.3) is 0 Å². The smallest absolute Gasteiger partial charge is 0.134 e. The van der Waals surface area contributed by atoms with Gasteiger partial charge in [-0.1, -0.05) is 12.1 Å². The zero-order valence-electron chi connectivity index (χ0n) is 17.2. The second-order valence-electron chi connectivity index (χ2n) is 7.81. The number of rotatable bonds is 7. The lowest BCUT2D eigenvalue weighted by Crippen LogP contribution is -2.35. The van der Waals surface area contributed by atoms with Gasteiger partial charge in [0.1, 0.15) is 23.7 Å². The number of nitrogens with zero attached hydrogens (tertiary/aromatic N) is 4. The van der Waals surface area contributed by atoms with Crippen LogP contribution < -0.4 is 15.0 Å². The summed E-state index contributed by atoms with van der Waals surface area (Å²) >= 11 is 2.02. The lowest BCUT2D eigenvalue weighted by Gasteiger charge is -2.32. The van der Waals surface area contributed by atoms with Crippen LogP contribution in [0.4, 0.5) is 11.6 Å². The summed E-state index contributed by atoms with van der Waals surface area (Å²) in [5, 5.41) is 3.56. The van der Waals surface area contributed by atoms with E-state index in [0.29, 0.717) is 5.92 Å². The summed E-state index contributed by atoms with van der Waals surface area (Å²) in [7, 11) is 1.71. The quantitative estimate of drug-likeness (QED) is 0.747. The molecule has 4 rings (SSSR count). The molecule has 2 aliphatic rings. The molecule has 29 heavy (non-hydrogen) atoms. The van der Waals surface area contributed by atoms with Crippen LogP contribution in [0.3, 0.4) is 0 Å². The minimum Gasteiger partial charge on any atom is -0.497 e. The average Bonchev–Trinajstić information content (AvgIpc) is 2.80. The highest BCUT2D eigenvalue weighted by atomic mass is 32.2. The van der Waals surface area contributed by atoms with Gasteiger partial charge in [-0.25, -0.2) is 9.97 Å². The lowest BCUT2D eigenvalue weighted by molar-refractivity contribution is 0.182. The van der Waals surface area contributed by atoms with E-state index >= 15 is 0 Å². The minimum atomic E-state index is 0.701. The summed E-state index contributed by atoms with van der Waals surface area (Å²) in [4.78, 5) is 13.8. The first-order valence-electron chi connectivity index (χ1n) is 10.5. The van der Waals surface area contributed by atoms with Gasteiger partial charge in [-0.05, 0) is 49.5 Å². The number of benzene rings is 1. The molecule has 0 radical (unpaired) electrons. The normalized spacial score (nSPS) is 18.6. The summed E-state index contributed by atoms with van der Waals surface area (Å²) in [5.41, 5.74) is 1.35. The van der Waals surface area contributed by atoms with E-state index in [1.807, 2.05) is 23.9 Å². The number of anilines is 2. The molecule has 0 bridgehead atoms. The van der Waals surface area contributed by atoms with Gasteiger partial charge in [-0.3, -0.25) is 4.90 Å². The fourth-order valence-electron chi connectivity index (χ4n) is 4.00. The molecule has 0 amide bonds. The van der Waals surface area contributed by atoms with Gasteiger partial charge < -0.3 is 15.0 Å². The van der Waals surface area contributed by atoms with E-state index in [0.717, 1.165) is 56.7 Å². The molecule has 0 unspecified atom stereocenters. The van der Waals surface area contributed by atoms with Crippen molar-refractivity contribution >= 4 is 23.4 Å². The third-order valence-electron chi connectivity index (χ3n) is 5.83. The molecular formula is C22H31N5OS. The predicted octanol–water partition coefficient (Wildman–Crippen LogP) is 3.36. The maximum absolute atomic E-state index is 5.25. The van der Waals surface area contributed by atoms with Crippen molar-refractivity contribution in [3.63, 3.8) is 0 Å². The zero-order chi connectivity index (χ0) is 19.9. The van der Waals surface area contributed by atoms with Crippen LogP contribution >= 0.6 is 11.8 Å². The van der Waals surface area contributed by atoms with Crippen molar-refractivity contribution < 1.29 is 4.74 Å². The van der Waals surface area contributed by atoms with Gasteiger partial charge in [0.05, 0.1) is 7.11 Å². The third kappa shape index (κ3) is 5.76. The number of methoxy groups -OCH3 is 1. The van der Waals surface area contributed by atoms with Gasteiger partial charge in [0, 0.05) is 43.8 Å². The average molecular weight is 414 g/mol. The number of likely N-dealkylation sites (tertiary alicyclic amines) is 1. The Balaban J connectivity index is 1.21. The van der Waals surface area contributed by atoms with E-state index in [1.165, 1.54) is 29.9 Å². The molecule has 1 aromatic heterocycles. The molecular weight excluding hydrogens is 382 g/mol. The highest BCUT2D eigenvalue weighted by Crippen LogP contribution is 2.22. The van der Waals surface area contributed by atoms with E-state index in [-0.39, 0.29) is 0 Å². The topological polar surface area (TPSA) is 53.5 Å². The first-order chi connectivity index (χ1) is 14.3. The monoisotopic (exact) mass is 413 g/mol. The summed E-state index contributed by atoms with van der Waals surface area (Å²) in [6.07, 6.45) is 4.14. The van der Waals surface area contributed by atoms with Crippen LogP contribution in [0.25, 0.3) is 0 Å². The van der Waals surface area contributed by atoms with Crippen molar-refractivity contribution in [2.45, 2.75) is 19.4 Å². The molecule has 2 saturated heterocycles. The maximum Gasteiger partial charge on any atom is 0.134 e. The Morgan fingerprint density at radius 3 is 2.55 bits per heavy atom. The Hall–Kier alpha value is -1.99. The second-order valence-corrected chi connectivity index (χ2v) is 9.03. The van der Waals surface area contributed by atoms with Gasteiger partial charge in [-0.2, -0.15) is 11.8 Å². The standard InChI is InChI=1S/C22H31N5OS/c1-28-20-4-2-19(3-5-20)16-26-8-6-18(7-9-26)15-23-21-14-22(25-17-24-21)27-10-12-29-13-11-27/h2-5,14,17-18H,6-13,15-16H2,1H3,(H,23,24,25). The number of aromatic nitrogens is 2. The molecule has 2 fully saturated rings. The van der Waals surface area contributed by atoms with Crippen molar-refractivity contribution in [2.75, 3.05) is 61.6 Å². The molecule has 0 saturated carbocycles. The fraction of sp³-hybridized carbons (Fsp3) is 0.545. The Kier molecular flexibility index (Phi) is 7.11. The lowest BCUT2D eigenvalue weighted by atomic mass is 9.96. The molecule has 0 spiro atoms. The van der Waals surface area contributed by atoms with E-state index in [4.69, 9.17) is 4.74 Å². The molecule has 2 aromatic rings. The highest BCUT2D eigenvalue weighted by molar-refractivity contribution is 7.99. The van der Waals surface area contributed by atoms with Crippen LogP contribution in [-0.2, 0) is 6.54 Å². The molecule has 1 aromatic carbocycles. The van der Waals surface area contributed by atoms with Crippen molar-refractivity contribution in [1.29, 1.82) is 0 Å². The Morgan fingerprint density at radius 1 is 1.07 bits per heavy atom. The molecule has 0 aliphatic carbocycles. The summed E-state index contributed by atoms with van der Waals surface area (Å²) in [6.45, 7) is 6.47. The molecule has 3 heterocycles. The molecule has 0 atom stereocenters. The zero-order valence-corrected chi connectivity index (χ0v) is 18.0. The largest absolute Gasteiger partial charge is 0.497 e. The minimum absolute atomic E-state index is 0.701. The van der Waals surface area contributed by atoms with Crippen LogP contribution in [0.15, 0.2) is 36.7 Å². The van der Waals surface area contributed by atoms with Gasteiger partial charge in [0.2, 0.25) is 0 Å². The Morgan fingerprint density at radius 2 is 1.83 bits per heavy atom. The summed E-state index contributed by atoms with van der Waals surface area (Å²) in [5.74, 6) is 5.99. The number of piperidine rings is 1. The first-order valence-corrected chi connectivity index (χ1v) is 11.7. The van der Waals surface area contributed by atoms with E-state index < -0.39 is 0 Å². The highest BCUT2D eigenvalue weighted by Gasteiger charge is 2.19. The van der Waals surface area contributed by atoms with Crippen LogP contribution in [-0.4, -0.2) is 66.2 Å². The van der Waals surface area contributed by atoms with Gasteiger partial charge in [-0.15, -0.1) is 0 Å². The van der Waals surface area contributed by atoms with Crippen LogP contribution in [0.2, 0.25) is 0 Å². The van der Waals surface area contributed by atoms with Crippen LogP contribution in [0, 0.1) is 5.92 Å². The summed E-state index contributed by atoms with van der Waals surface area (Å²) < 4.78 is 5.25. The van der Waals surface area contributed by atoms with Crippen LogP contribution in [0.1, 0.15) is 18.4 Å². The number of hydrogen-bond donors (Lipinski definition) is 1. The fourth-order valence-corrected chi connectivity index (χ4v) is 4.90. The SMILES string of the molecule is COc1ccc(CN2CCC(CNc3cc(N4CCSCC4)ncn3)CC2)cc1. The second kappa shape index (κ2) is 10.2. The van der Waals surface area contributed by atoms with Crippen molar-refractivity contribution in [3.05, 3.63) is 42.2 Å². The maximum atomic E-state index is 5.25. The molecule has 1 N–H and O–H groups in total. The summed E-state index contributed by atoms with van der Waals surface area (Å²) in [6, 6.07) is 10.5. The predicted molar refractivity (Wildman–Crippen MR) is 121 cm³/mol. The number of ether oxygens (including phenoxy) is 1. The molecule has 7 heteroatoms. The molecule has 2 aliphatic heterocycles. The van der Waals surface area contributed by atoms with E-state index in [1.54, 1.807) is 13.4 Å². The number of nitrogens with one attached hydrogen (secondary N) is 1. The molecule has 156 valence electrons. The van der Waals surface area contributed by atoms with Crippen molar-refractivity contribution in [2.24, 2.45) is 5.92 Å². The third-order valence-corrected chi connectivity index (χ3v) is 6.77. The molecule has 6 nitrogen and oxygen atoms in total. The first kappa shape index (κ1) is 20.3. The number of thioether (sulfide) groups is 1.